The van der Waals surface area contributed by atoms with Gasteiger partial charge in [0.25, 0.3) is 5.89 Å². The molecule has 2 aromatic carbocycles. The fourth-order valence-corrected chi connectivity index (χ4v) is 2.05. The van der Waals surface area contributed by atoms with E-state index >= 15 is 0 Å². The standard InChI is InChI=1S/C16H10ClFN2O3/c17-12-3-1-2-11(8-12)16(21)22-9-14-19-15(20-23-14)10-4-6-13(18)7-5-10/h1-8H,9H2. The van der Waals surface area contributed by atoms with E-state index in [2.05, 4.69) is 10.1 Å². The third kappa shape index (κ3) is 3.73. The average molecular weight is 333 g/mol. The summed E-state index contributed by atoms with van der Waals surface area (Å²) in [5, 5.41) is 4.20. The number of halogens is 2. The molecule has 0 aliphatic rings. The molecule has 0 N–H and O–H groups in total. The van der Waals surface area contributed by atoms with E-state index in [1.807, 2.05) is 0 Å². The van der Waals surface area contributed by atoms with Crippen LogP contribution in [0.3, 0.4) is 0 Å². The van der Waals surface area contributed by atoms with Gasteiger partial charge in [0.15, 0.2) is 6.61 Å². The number of esters is 1. The van der Waals surface area contributed by atoms with Crippen molar-refractivity contribution in [1.82, 2.24) is 10.1 Å². The monoisotopic (exact) mass is 332 g/mol. The lowest BCUT2D eigenvalue weighted by Crippen LogP contribution is -2.05. The number of carbonyl (C=O) groups is 1. The van der Waals surface area contributed by atoms with Crippen molar-refractivity contribution in [1.29, 1.82) is 0 Å². The lowest BCUT2D eigenvalue weighted by molar-refractivity contribution is 0.0430. The highest BCUT2D eigenvalue weighted by molar-refractivity contribution is 6.30. The van der Waals surface area contributed by atoms with Crippen LogP contribution in [0.15, 0.2) is 53.1 Å². The molecule has 0 aliphatic heterocycles. The lowest BCUT2D eigenvalue weighted by Gasteiger charge is -2.01. The van der Waals surface area contributed by atoms with Crippen LogP contribution in [0.5, 0.6) is 0 Å². The fraction of sp³-hybridized carbons (Fsp3) is 0.0625. The largest absolute Gasteiger partial charge is 0.452 e. The molecule has 5 nitrogen and oxygen atoms in total. The van der Waals surface area contributed by atoms with Gasteiger partial charge in [-0.3, -0.25) is 0 Å². The van der Waals surface area contributed by atoms with Crippen molar-refractivity contribution >= 4 is 17.6 Å². The summed E-state index contributed by atoms with van der Waals surface area (Å²) in [6.45, 7) is -0.167. The summed E-state index contributed by atoms with van der Waals surface area (Å²) >= 11 is 5.81. The Bertz CT molecular complexity index is 833. The summed E-state index contributed by atoms with van der Waals surface area (Å²) in [4.78, 5) is 16.0. The van der Waals surface area contributed by atoms with Gasteiger partial charge in [-0.05, 0) is 42.5 Å². The van der Waals surface area contributed by atoms with E-state index in [0.29, 0.717) is 22.0 Å². The summed E-state index contributed by atoms with van der Waals surface area (Å²) in [6, 6.07) is 12.1. The van der Waals surface area contributed by atoms with Crippen LogP contribution in [0.25, 0.3) is 11.4 Å². The maximum Gasteiger partial charge on any atom is 0.338 e. The van der Waals surface area contributed by atoms with Crippen molar-refractivity contribution in [3.05, 3.63) is 70.8 Å². The van der Waals surface area contributed by atoms with E-state index in [9.17, 15) is 9.18 Å². The van der Waals surface area contributed by atoms with Crippen molar-refractivity contribution in [2.75, 3.05) is 0 Å². The van der Waals surface area contributed by atoms with Gasteiger partial charge in [-0.2, -0.15) is 4.98 Å². The van der Waals surface area contributed by atoms with Crippen molar-refractivity contribution < 1.29 is 18.4 Å². The van der Waals surface area contributed by atoms with E-state index in [1.165, 1.54) is 30.3 Å². The van der Waals surface area contributed by atoms with Gasteiger partial charge in [0.05, 0.1) is 5.56 Å². The van der Waals surface area contributed by atoms with Gasteiger partial charge in [-0.25, -0.2) is 9.18 Å². The molecule has 1 heterocycles. The van der Waals surface area contributed by atoms with Crippen LogP contribution in [-0.4, -0.2) is 16.1 Å². The first kappa shape index (κ1) is 15.2. The summed E-state index contributed by atoms with van der Waals surface area (Å²) in [5.41, 5.74) is 0.929. The minimum absolute atomic E-state index is 0.139. The fourth-order valence-electron chi connectivity index (χ4n) is 1.86. The van der Waals surface area contributed by atoms with Gasteiger partial charge in [-0.1, -0.05) is 22.8 Å². The molecule has 0 saturated heterocycles. The molecule has 0 fully saturated rings. The first-order valence-corrected chi connectivity index (χ1v) is 7.01. The van der Waals surface area contributed by atoms with Gasteiger partial charge in [0.2, 0.25) is 5.82 Å². The molecule has 0 atom stereocenters. The molecular formula is C16H10ClFN2O3. The zero-order valence-corrected chi connectivity index (χ0v) is 12.5. The molecule has 0 bridgehead atoms. The number of nitrogens with zero attached hydrogens (tertiary/aromatic N) is 2. The Morgan fingerprint density at radius 3 is 2.74 bits per heavy atom. The minimum atomic E-state index is -0.547. The molecule has 7 heteroatoms. The van der Waals surface area contributed by atoms with Crippen LogP contribution in [-0.2, 0) is 11.3 Å². The summed E-state index contributed by atoms with van der Waals surface area (Å²) in [5.74, 6) is -0.472. The number of hydrogen-bond donors (Lipinski definition) is 0. The summed E-state index contributed by atoms with van der Waals surface area (Å²) < 4.78 is 23.0. The maximum absolute atomic E-state index is 12.9. The lowest BCUT2D eigenvalue weighted by atomic mass is 10.2. The van der Waals surface area contributed by atoms with Crippen molar-refractivity contribution in [3.63, 3.8) is 0 Å². The highest BCUT2D eigenvalue weighted by Gasteiger charge is 2.12. The molecule has 23 heavy (non-hydrogen) atoms. The molecule has 116 valence electrons. The van der Waals surface area contributed by atoms with Gasteiger partial charge in [0.1, 0.15) is 5.82 Å². The summed E-state index contributed by atoms with van der Waals surface area (Å²) in [7, 11) is 0. The van der Waals surface area contributed by atoms with Gasteiger partial charge in [-0.15, -0.1) is 0 Å². The predicted molar refractivity (Wildman–Crippen MR) is 80.3 cm³/mol. The first-order valence-electron chi connectivity index (χ1n) is 6.63. The third-order valence-electron chi connectivity index (χ3n) is 2.96. The topological polar surface area (TPSA) is 65.2 Å². The SMILES string of the molecule is O=C(OCc1nc(-c2ccc(F)cc2)no1)c1cccc(Cl)c1. The Hall–Kier alpha value is -2.73. The average Bonchev–Trinajstić information content (AvgIpc) is 3.02. The molecule has 1 aromatic heterocycles. The van der Waals surface area contributed by atoms with Crippen molar-refractivity contribution in [2.45, 2.75) is 6.61 Å². The third-order valence-corrected chi connectivity index (χ3v) is 3.19. The minimum Gasteiger partial charge on any atom is -0.452 e. The second kappa shape index (κ2) is 6.58. The smallest absolute Gasteiger partial charge is 0.338 e. The molecule has 0 aliphatic carbocycles. The van der Waals surface area contributed by atoms with Gasteiger partial charge < -0.3 is 9.26 Å². The van der Waals surface area contributed by atoms with Crippen molar-refractivity contribution in [3.8, 4) is 11.4 Å². The number of ether oxygens (including phenoxy) is 1. The molecule has 0 saturated carbocycles. The second-order valence-electron chi connectivity index (χ2n) is 4.61. The number of aromatic nitrogens is 2. The molecule has 0 amide bonds. The van der Waals surface area contributed by atoms with E-state index in [-0.39, 0.29) is 18.3 Å². The quantitative estimate of drug-likeness (QED) is 0.678. The molecule has 3 aromatic rings. The van der Waals surface area contributed by atoms with Crippen molar-refractivity contribution in [2.24, 2.45) is 0 Å². The Morgan fingerprint density at radius 2 is 2.00 bits per heavy atom. The van der Waals surface area contributed by atoms with E-state index in [1.54, 1.807) is 18.2 Å². The van der Waals surface area contributed by atoms with Gasteiger partial charge in [0, 0.05) is 10.6 Å². The number of carbonyl (C=O) groups excluding carboxylic acids is 1. The highest BCUT2D eigenvalue weighted by Crippen LogP contribution is 2.17. The predicted octanol–water partition coefficient (Wildman–Crippen LogP) is 3.89. The highest BCUT2D eigenvalue weighted by atomic mass is 35.5. The Kier molecular flexibility index (Phi) is 4.34. The molecule has 0 spiro atoms. The zero-order valence-electron chi connectivity index (χ0n) is 11.7. The second-order valence-corrected chi connectivity index (χ2v) is 5.04. The van der Waals surface area contributed by atoms with E-state index in [4.69, 9.17) is 20.9 Å². The Balaban J connectivity index is 1.65. The normalized spacial score (nSPS) is 10.5. The number of rotatable bonds is 4. The zero-order chi connectivity index (χ0) is 16.2. The van der Waals surface area contributed by atoms with Crippen LogP contribution >= 0.6 is 11.6 Å². The Labute approximate surface area is 135 Å². The van der Waals surface area contributed by atoms with Gasteiger partial charge >= 0.3 is 5.97 Å². The number of benzene rings is 2. The first-order chi connectivity index (χ1) is 11.1. The van der Waals surface area contributed by atoms with Crippen LogP contribution in [0.1, 0.15) is 16.2 Å². The molecule has 3 rings (SSSR count). The Morgan fingerprint density at radius 1 is 1.22 bits per heavy atom. The van der Waals surface area contributed by atoms with Crippen LogP contribution < -0.4 is 0 Å². The summed E-state index contributed by atoms with van der Waals surface area (Å²) in [6.07, 6.45) is 0. The maximum atomic E-state index is 12.9. The molecular weight excluding hydrogens is 323 g/mol. The number of hydrogen-bond acceptors (Lipinski definition) is 5. The van der Waals surface area contributed by atoms with Crippen LogP contribution in [0.2, 0.25) is 5.02 Å². The molecule has 0 radical (unpaired) electrons. The van der Waals surface area contributed by atoms with Crippen LogP contribution in [0.4, 0.5) is 4.39 Å². The molecule has 0 unspecified atom stereocenters. The van der Waals surface area contributed by atoms with E-state index < -0.39 is 5.97 Å². The van der Waals surface area contributed by atoms with Crippen LogP contribution in [0, 0.1) is 5.82 Å². The van der Waals surface area contributed by atoms with E-state index in [0.717, 1.165) is 0 Å².